The fraction of sp³-hybridized carbons (Fsp3) is 0.0769. The summed E-state index contributed by atoms with van der Waals surface area (Å²) >= 11 is 0. The quantitative estimate of drug-likeness (QED) is 0.699. The Bertz CT molecular complexity index is 713. The Hall–Kier alpha value is -2.69. The highest BCUT2D eigenvalue weighted by Crippen LogP contribution is 2.23. The third-order valence-electron chi connectivity index (χ3n) is 2.64. The van der Waals surface area contributed by atoms with Gasteiger partial charge in [0.15, 0.2) is 0 Å². The SMILES string of the molecule is N#Cc1ccc(CNc2c(F)c(F)nc(F)c2F)c(F)c1. The first-order valence-corrected chi connectivity index (χ1v) is 5.56. The molecule has 0 amide bonds. The minimum absolute atomic E-state index is 0.0366. The molecule has 0 spiro atoms. The van der Waals surface area contributed by atoms with Gasteiger partial charge < -0.3 is 5.32 Å². The number of nitrogens with one attached hydrogen (secondary N) is 1. The van der Waals surface area contributed by atoms with Crippen LogP contribution in [0.3, 0.4) is 0 Å². The van der Waals surface area contributed by atoms with Gasteiger partial charge in [-0.15, -0.1) is 0 Å². The van der Waals surface area contributed by atoms with Crippen LogP contribution in [0.15, 0.2) is 18.2 Å². The minimum Gasteiger partial charge on any atom is -0.376 e. The van der Waals surface area contributed by atoms with Gasteiger partial charge in [0.2, 0.25) is 11.6 Å². The first-order valence-electron chi connectivity index (χ1n) is 5.56. The summed E-state index contributed by atoms with van der Waals surface area (Å²) in [5, 5.41) is 10.6. The molecule has 0 saturated heterocycles. The molecule has 108 valence electrons. The molecule has 1 aromatic carbocycles. The zero-order valence-electron chi connectivity index (χ0n) is 10.2. The van der Waals surface area contributed by atoms with Crippen LogP contribution in [0.4, 0.5) is 27.6 Å². The summed E-state index contributed by atoms with van der Waals surface area (Å²) in [5.74, 6) is -7.82. The van der Waals surface area contributed by atoms with Crippen LogP contribution in [0.2, 0.25) is 0 Å². The van der Waals surface area contributed by atoms with Gasteiger partial charge in [0.25, 0.3) is 11.9 Å². The van der Waals surface area contributed by atoms with Crippen molar-refractivity contribution in [2.75, 3.05) is 5.32 Å². The van der Waals surface area contributed by atoms with Crippen LogP contribution in [0.25, 0.3) is 0 Å². The minimum atomic E-state index is -1.81. The predicted molar refractivity (Wildman–Crippen MR) is 62.5 cm³/mol. The van der Waals surface area contributed by atoms with Crippen molar-refractivity contribution in [2.45, 2.75) is 6.54 Å². The van der Waals surface area contributed by atoms with Gasteiger partial charge in [0, 0.05) is 12.1 Å². The molecule has 0 saturated carbocycles. The van der Waals surface area contributed by atoms with E-state index in [1.54, 1.807) is 6.07 Å². The van der Waals surface area contributed by atoms with Gasteiger partial charge in [-0.2, -0.15) is 27.8 Å². The summed E-state index contributed by atoms with van der Waals surface area (Å²) < 4.78 is 66.0. The van der Waals surface area contributed by atoms with Crippen LogP contribution < -0.4 is 5.32 Å². The van der Waals surface area contributed by atoms with E-state index in [2.05, 4.69) is 10.3 Å². The first kappa shape index (κ1) is 14.7. The normalized spacial score (nSPS) is 10.3. The highest BCUT2D eigenvalue weighted by atomic mass is 19.2. The molecule has 0 bridgehead atoms. The van der Waals surface area contributed by atoms with Gasteiger partial charge >= 0.3 is 0 Å². The average Bonchev–Trinajstić information content (AvgIpc) is 2.46. The Morgan fingerprint density at radius 1 is 1.05 bits per heavy atom. The number of aromatic nitrogens is 1. The largest absolute Gasteiger partial charge is 0.376 e. The lowest BCUT2D eigenvalue weighted by molar-refractivity contribution is 0.410. The molecule has 3 nitrogen and oxygen atoms in total. The maximum atomic E-state index is 13.6. The van der Waals surface area contributed by atoms with Gasteiger partial charge in [-0.05, 0) is 12.1 Å². The zero-order chi connectivity index (χ0) is 15.6. The number of anilines is 1. The molecule has 0 unspecified atom stereocenters. The van der Waals surface area contributed by atoms with Gasteiger partial charge in [-0.1, -0.05) is 6.07 Å². The molecule has 0 atom stereocenters. The van der Waals surface area contributed by atoms with Crippen LogP contribution in [-0.4, -0.2) is 4.98 Å². The standard InChI is InChI=1S/C13H6F5N3/c14-8-3-6(4-19)1-2-7(8)5-20-11-9(15)12(17)21-13(18)10(11)16/h1-3H,5H2,(H,20,21). The second-order valence-corrected chi connectivity index (χ2v) is 3.97. The predicted octanol–water partition coefficient (Wildman–Crippen LogP) is 3.26. The maximum Gasteiger partial charge on any atom is 0.253 e. The molecule has 0 aliphatic rings. The van der Waals surface area contributed by atoms with Crippen LogP contribution in [0.5, 0.6) is 0 Å². The van der Waals surface area contributed by atoms with E-state index in [1.807, 2.05) is 0 Å². The lowest BCUT2D eigenvalue weighted by Gasteiger charge is -2.10. The van der Waals surface area contributed by atoms with E-state index in [4.69, 9.17) is 5.26 Å². The fourth-order valence-electron chi connectivity index (χ4n) is 1.59. The Morgan fingerprint density at radius 3 is 2.19 bits per heavy atom. The van der Waals surface area contributed by atoms with Crippen LogP contribution in [0, 0.1) is 40.7 Å². The van der Waals surface area contributed by atoms with Gasteiger partial charge in [0.05, 0.1) is 11.6 Å². The number of pyridine rings is 1. The molecule has 1 aromatic heterocycles. The van der Waals surface area contributed by atoms with Crippen molar-refractivity contribution >= 4 is 5.69 Å². The number of hydrogen-bond donors (Lipinski definition) is 1. The number of nitrogens with zero attached hydrogens (tertiary/aromatic N) is 2. The van der Waals surface area contributed by atoms with E-state index in [-0.39, 0.29) is 11.1 Å². The maximum absolute atomic E-state index is 13.6. The Morgan fingerprint density at radius 2 is 1.67 bits per heavy atom. The van der Waals surface area contributed by atoms with Crippen LogP contribution in [-0.2, 0) is 6.54 Å². The molecule has 0 radical (unpaired) electrons. The van der Waals surface area contributed by atoms with Crippen LogP contribution >= 0.6 is 0 Å². The molecule has 2 rings (SSSR count). The summed E-state index contributed by atoms with van der Waals surface area (Å²) in [7, 11) is 0. The Labute approximate surface area is 115 Å². The van der Waals surface area contributed by atoms with Crippen molar-refractivity contribution in [3.05, 3.63) is 58.7 Å². The lowest BCUT2D eigenvalue weighted by atomic mass is 10.1. The zero-order valence-corrected chi connectivity index (χ0v) is 10.2. The molecular formula is C13H6F5N3. The number of halogens is 5. The van der Waals surface area contributed by atoms with Crippen molar-refractivity contribution in [3.8, 4) is 6.07 Å². The topological polar surface area (TPSA) is 48.7 Å². The smallest absolute Gasteiger partial charge is 0.253 e. The highest BCUT2D eigenvalue weighted by Gasteiger charge is 2.20. The van der Waals surface area contributed by atoms with Crippen molar-refractivity contribution in [1.29, 1.82) is 5.26 Å². The fourth-order valence-corrected chi connectivity index (χ4v) is 1.59. The third kappa shape index (κ3) is 2.91. The summed E-state index contributed by atoms with van der Waals surface area (Å²) in [4.78, 5) is 2.40. The van der Waals surface area contributed by atoms with E-state index in [9.17, 15) is 22.0 Å². The Balaban J connectivity index is 2.27. The highest BCUT2D eigenvalue weighted by molar-refractivity contribution is 5.46. The lowest BCUT2D eigenvalue weighted by Crippen LogP contribution is -2.10. The molecule has 0 fully saturated rings. The Kier molecular flexibility index (Phi) is 4.03. The summed E-state index contributed by atoms with van der Waals surface area (Å²) in [5.41, 5.74) is -1.05. The molecule has 8 heteroatoms. The van der Waals surface area contributed by atoms with E-state index in [0.29, 0.717) is 0 Å². The monoisotopic (exact) mass is 299 g/mol. The molecule has 21 heavy (non-hydrogen) atoms. The second-order valence-electron chi connectivity index (χ2n) is 3.97. The van der Waals surface area contributed by atoms with Crippen molar-refractivity contribution in [3.63, 3.8) is 0 Å². The van der Waals surface area contributed by atoms with Gasteiger partial charge in [-0.3, -0.25) is 0 Å². The summed E-state index contributed by atoms with van der Waals surface area (Å²) in [6, 6.07) is 5.15. The number of rotatable bonds is 3. The molecule has 0 aliphatic carbocycles. The molecule has 2 aromatic rings. The summed E-state index contributed by atoms with van der Waals surface area (Å²) in [6.45, 7) is -0.436. The van der Waals surface area contributed by atoms with Crippen molar-refractivity contribution in [2.24, 2.45) is 0 Å². The van der Waals surface area contributed by atoms with Gasteiger partial charge in [0.1, 0.15) is 11.5 Å². The number of hydrogen-bond acceptors (Lipinski definition) is 3. The number of benzene rings is 1. The van der Waals surface area contributed by atoms with Crippen molar-refractivity contribution < 1.29 is 22.0 Å². The van der Waals surface area contributed by atoms with Crippen molar-refractivity contribution in [1.82, 2.24) is 4.98 Å². The van der Waals surface area contributed by atoms with E-state index in [1.165, 1.54) is 12.1 Å². The molecule has 1 heterocycles. The van der Waals surface area contributed by atoms with Gasteiger partial charge in [-0.25, -0.2) is 4.39 Å². The third-order valence-corrected chi connectivity index (χ3v) is 2.64. The average molecular weight is 299 g/mol. The van der Waals surface area contributed by atoms with E-state index in [0.717, 1.165) is 6.07 Å². The molecule has 0 aliphatic heterocycles. The van der Waals surface area contributed by atoms with Crippen LogP contribution in [0.1, 0.15) is 11.1 Å². The first-order chi connectivity index (χ1) is 9.93. The molecular weight excluding hydrogens is 293 g/mol. The van der Waals surface area contributed by atoms with E-state index < -0.39 is 41.6 Å². The van der Waals surface area contributed by atoms with E-state index >= 15 is 0 Å². The summed E-state index contributed by atoms with van der Waals surface area (Å²) in [6.07, 6.45) is 0. The molecule has 1 N–H and O–H groups in total. The number of nitriles is 1. The second kappa shape index (κ2) is 5.75.